The number of hydrogen-bond acceptors (Lipinski definition) is 4. The molecule has 1 unspecified atom stereocenters. The van der Waals surface area contributed by atoms with Gasteiger partial charge in [-0.25, -0.2) is 0 Å². The van der Waals surface area contributed by atoms with Crippen LogP contribution in [-0.2, 0) is 0 Å². The molecular formula is C16H25N3S2. The molecule has 1 aromatic carbocycles. The molecule has 0 aromatic heterocycles. The van der Waals surface area contributed by atoms with Crippen LogP contribution in [-0.4, -0.2) is 48.4 Å². The highest BCUT2D eigenvalue weighted by Gasteiger charge is 2.23. The Kier molecular flexibility index (Phi) is 5.90. The summed E-state index contributed by atoms with van der Waals surface area (Å²) in [5.74, 6) is 1.03. The second-order valence-corrected chi connectivity index (χ2v) is 7.35. The second-order valence-electron chi connectivity index (χ2n) is 5.61. The topological polar surface area (TPSA) is 32.5 Å². The van der Waals surface area contributed by atoms with Gasteiger partial charge >= 0.3 is 0 Å². The van der Waals surface area contributed by atoms with Crippen LogP contribution in [0.25, 0.3) is 0 Å². The molecule has 1 atom stereocenters. The molecule has 3 nitrogen and oxygen atoms in total. The predicted octanol–water partition coefficient (Wildman–Crippen LogP) is 2.96. The summed E-state index contributed by atoms with van der Waals surface area (Å²) >= 11 is 7.15. The first-order valence-electron chi connectivity index (χ1n) is 7.55. The minimum atomic E-state index is 0.465. The fourth-order valence-electron chi connectivity index (χ4n) is 3.01. The van der Waals surface area contributed by atoms with Gasteiger partial charge in [0.2, 0.25) is 0 Å². The molecule has 1 fully saturated rings. The summed E-state index contributed by atoms with van der Waals surface area (Å²) in [4.78, 5) is 6.58. The van der Waals surface area contributed by atoms with Crippen molar-refractivity contribution >= 4 is 34.7 Å². The van der Waals surface area contributed by atoms with E-state index in [-0.39, 0.29) is 0 Å². The Hall–Kier alpha value is -0.780. The highest BCUT2D eigenvalue weighted by atomic mass is 32.2. The molecule has 1 aliphatic rings. The molecule has 5 heteroatoms. The normalized spacial score (nSPS) is 20.3. The smallest absolute Gasteiger partial charge is 0.107 e. The molecule has 0 spiro atoms. The van der Waals surface area contributed by atoms with Crippen molar-refractivity contribution in [3.63, 3.8) is 0 Å². The van der Waals surface area contributed by atoms with Crippen LogP contribution in [0, 0.1) is 0 Å². The molecule has 0 bridgehead atoms. The van der Waals surface area contributed by atoms with Crippen molar-refractivity contribution in [3.05, 3.63) is 23.8 Å². The van der Waals surface area contributed by atoms with Crippen molar-refractivity contribution in [1.29, 1.82) is 0 Å². The Labute approximate surface area is 137 Å². The average molecular weight is 324 g/mol. The van der Waals surface area contributed by atoms with Crippen molar-refractivity contribution in [2.75, 3.05) is 37.3 Å². The quantitative estimate of drug-likeness (QED) is 0.680. The molecule has 21 heavy (non-hydrogen) atoms. The summed E-state index contributed by atoms with van der Waals surface area (Å²) in [6.07, 6.45) is 1.17. The Morgan fingerprint density at radius 1 is 1.43 bits per heavy atom. The molecule has 0 radical (unpaired) electrons. The largest absolute Gasteiger partial charge is 0.389 e. The number of rotatable bonds is 4. The number of thiocarbonyl (C=S) groups is 1. The van der Waals surface area contributed by atoms with E-state index in [1.165, 1.54) is 17.0 Å². The Bertz CT molecular complexity index is 504. The third-order valence-corrected chi connectivity index (χ3v) is 5.05. The van der Waals surface area contributed by atoms with E-state index in [0.717, 1.165) is 31.0 Å². The summed E-state index contributed by atoms with van der Waals surface area (Å²) in [6.45, 7) is 7.71. The van der Waals surface area contributed by atoms with Gasteiger partial charge in [-0.2, -0.15) is 0 Å². The molecule has 1 heterocycles. The van der Waals surface area contributed by atoms with E-state index in [9.17, 15) is 0 Å². The molecule has 1 saturated heterocycles. The van der Waals surface area contributed by atoms with Crippen LogP contribution in [0.4, 0.5) is 5.69 Å². The number of hydrogen-bond donors (Lipinski definition) is 1. The molecule has 116 valence electrons. The van der Waals surface area contributed by atoms with Crippen molar-refractivity contribution in [2.24, 2.45) is 5.73 Å². The lowest BCUT2D eigenvalue weighted by Gasteiger charge is -2.32. The van der Waals surface area contributed by atoms with Gasteiger partial charge < -0.3 is 15.5 Å². The van der Waals surface area contributed by atoms with Gasteiger partial charge in [0.25, 0.3) is 0 Å². The SMILES string of the molecule is CCSc1cccc(N2CCCN(C)CC2C)c1C(N)=S. The third-order valence-electron chi connectivity index (χ3n) is 3.91. The van der Waals surface area contributed by atoms with Crippen LogP contribution in [0.1, 0.15) is 25.8 Å². The zero-order valence-electron chi connectivity index (χ0n) is 13.1. The van der Waals surface area contributed by atoms with Crippen LogP contribution < -0.4 is 10.6 Å². The van der Waals surface area contributed by atoms with E-state index in [0.29, 0.717) is 11.0 Å². The first kappa shape index (κ1) is 16.6. The number of thioether (sulfide) groups is 1. The van der Waals surface area contributed by atoms with Crippen molar-refractivity contribution in [1.82, 2.24) is 4.90 Å². The van der Waals surface area contributed by atoms with E-state index < -0.39 is 0 Å². The second kappa shape index (κ2) is 7.47. The van der Waals surface area contributed by atoms with E-state index in [1.807, 2.05) is 11.8 Å². The van der Waals surface area contributed by atoms with Crippen LogP contribution >= 0.6 is 24.0 Å². The van der Waals surface area contributed by atoms with Crippen LogP contribution in [0.3, 0.4) is 0 Å². The third kappa shape index (κ3) is 3.90. The molecule has 1 aliphatic heterocycles. The maximum atomic E-state index is 6.05. The van der Waals surface area contributed by atoms with Crippen LogP contribution in [0.5, 0.6) is 0 Å². The molecule has 0 amide bonds. The fraction of sp³-hybridized carbons (Fsp3) is 0.562. The van der Waals surface area contributed by atoms with Gasteiger partial charge in [-0.1, -0.05) is 25.2 Å². The summed E-state index contributed by atoms with van der Waals surface area (Å²) in [7, 11) is 2.19. The van der Waals surface area contributed by atoms with Gasteiger partial charge in [0, 0.05) is 35.3 Å². The number of nitrogens with zero attached hydrogens (tertiary/aromatic N) is 2. The maximum Gasteiger partial charge on any atom is 0.107 e. The predicted molar refractivity (Wildman–Crippen MR) is 97.6 cm³/mol. The first-order valence-corrected chi connectivity index (χ1v) is 8.94. The molecule has 0 saturated carbocycles. The van der Waals surface area contributed by atoms with E-state index in [1.54, 1.807) is 0 Å². The van der Waals surface area contributed by atoms with Gasteiger partial charge in [0.15, 0.2) is 0 Å². The molecule has 0 aliphatic carbocycles. The highest BCUT2D eigenvalue weighted by molar-refractivity contribution is 7.99. The molecular weight excluding hydrogens is 298 g/mol. The fourth-order valence-corrected chi connectivity index (χ4v) is 4.14. The standard InChI is InChI=1S/C16H25N3S2/c1-4-21-14-8-5-7-13(15(14)16(17)20)19-10-6-9-18(3)11-12(19)2/h5,7-8,12H,4,6,9-11H2,1-3H3,(H2,17,20). The number of anilines is 1. The Morgan fingerprint density at radius 2 is 2.19 bits per heavy atom. The summed E-state index contributed by atoms with van der Waals surface area (Å²) in [5, 5.41) is 0. The van der Waals surface area contributed by atoms with Gasteiger partial charge in [0.1, 0.15) is 4.99 Å². The molecule has 2 rings (SSSR count). The minimum absolute atomic E-state index is 0.465. The van der Waals surface area contributed by atoms with Crippen molar-refractivity contribution in [2.45, 2.75) is 31.2 Å². The minimum Gasteiger partial charge on any atom is -0.389 e. The number of benzene rings is 1. The zero-order chi connectivity index (χ0) is 15.4. The van der Waals surface area contributed by atoms with Gasteiger partial charge in [0.05, 0.1) is 0 Å². The van der Waals surface area contributed by atoms with Gasteiger partial charge in [-0.05, 0) is 44.8 Å². The number of likely N-dealkylation sites (N-methyl/N-ethyl adjacent to an activating group) is 1. The first-order chi connectivity index (χ1) is 10.0. The van der Waals surface area contributed by atoms with E-state index in [2.05, 4.69) is 48.9 Å². The Balaban J connectivity index is 2.42. The lowest BCUT2D eigenvalue weighted by Crippen LogP contribution is -2.39. The summed E-state index contributed by atoms with van der Waals surface area (Å²) in [6, 6.07) is 6.88. The van der Waals surface area contributed by atoms with Gasteiger partial charge in [-0.15, -0.1) is 11.8 Å². The lowest BCUT2D eigenvalue weighted by atomic mass is 10.1. The summed E-state index contributed by atoms with van der Waals surface area (Å²) < 4.78 is 0. The average Bonchev–Trinajstić information content (AvgIpc) is 2.59. The Morgan fingerprint density at radius 3 is 2.86 bits per heavy atom. The van der Waals surface area contributed by atoms with Crippen molar-refractivity contribution < 1.29 is 0 Å². The summed E-state index contributed by atoms with van der Waals surface area (Å²) in [5.41, 5.74) is 8.29. The van der Waals surface area contributed by atoms with Crippen LogP contribution in [0.2, 0.25) is 0 Å². The highest BCUT2D eigenvalue weighted by Crippen LogP contribution is 2.32. The van der Waals surface area contributed by atoms with Gasteiger partial charge in [-0.3, -0.25) is 0 Å². The molecule has 2 N–H and O–H groups in total. The van der Waals surface area contributed by atoms with Crippen LogP contribution in [0.15, 0.2) is 23.1 Å². The zero-order valence-corrected chi connectivity index (χ0v) is 14.8. The van der Waals surface area contributed by atoms with E-state index in [4.69, 9.17) is 18.0 Å². The lowest BCUT2D eigenvalue weighted by molar-refractivity contribution is 0.337. The monoisotopic (exact) mass is 323 g/mol. The van der Waals surface area contributed by atoms with E-state index >= 15 is 0 Å². The maximum absolute atomic E-state index is 6.05. The molecule has 1 aromatic rings. The number of nitrogens with two attached hydrogens (primary N) is 1. The van der Waals surface area contributed by atoms with Crippen molar-refractivity contribution in [3.8, 4) is 0 Å².